The largest absolute Gasteiger partial charge is 0.0944 e. The molecule has 0 aliphatic carbocycles. The average Bonchev–Trinajstić information content (AvgIpc) is 2.01. The summed E-state index contributed by atoms with van der Waals surface area (Å²) in [6.45, 7) is 7.00. The fourth-order valence-corrected chi connectivity index (χ4v) is 2.05. The van der Waals surface area contributed by atoms with E-state index in [1.807, 2.05) is 6.07 Å². The molecule has 0 amide bonds. The first-order valence-electron chi connectivity index (χ1n) is 4.43. The van der Waals surface area contributed by atoms with Gasteiger partial charge in [-0.25, -0.2) is 0 Å². The lowest BCUT2D eigenvalue weighted by molar-refractivity contribution is 1.60. The van der Waals surface area contributed by atoms with E-state index in [4.69, 9.17) is 0 Å². The Balaban J connectivity index is 2.86. The Morgan fingerprint density at radius 1 is 1.15 bits per heavy atom. The topological polar surface area (TPSA) is 0 Å². The molecule has 1 aromatic rings. The highest BCUT2D eigenvalue weighted by atomic mass is 79.9. The van der Waals surface area contributed by atoms with Crippen molar-refractivity contribution in [1.82, 2.24) is 0 Å². The van der Waals surface area contributed by atoms with Crippen LogP contribution in [0.15, 0.2) is 34.4 Å². The lowest BCUT2D eigenvalue weighted by Crippen LogP contribution is -2.15. The third-order valence-electron chi connectivity index (χ3n) is 1.67. The van der Waals surface area contributed by atoms with Gasteiger partial charge in [0.2, 0.25) is 0 Å². The molecule has 0 aromatic heterocycles. The van der Waals surface area contributed by atoms with E-state index >= 15 is 0 Å². The Kier molecular flexibility index (Phi) is 3.51. The average molecular weight is 255 g/mol. The minimum Gasteiger partial charge on any atom is -0.0944 e. The second-order valence-electron chi connectivity index (χ2n) is 4.22. The summed E-state index contributed by atoms with van der Waals surface area (Å²) in [4.78, 5) is 0. The van der Waals surface area contributed by atoms with Gasteiger partial charge in [0.25, 0.3) is 0 Å². The van der Waals surface area contributed by atoms with Gasteiger partial charge in [-0.2, -0.15) is 0 Å². The minimum absolute atomic E-state index is 1.06. The summed E-state index contributed by atoms with van der Waals surface area (Å²) in [6, 6.07) is 8.30. The Morgan fingerprint density at radius 3 is 2.31 bits per heavy atom. The van der Waals surface area contributed by atoms with Crippen LogP contribution in [0.1, 0.15) is 5.56 Å². The van der Waals surface area contributed by atoms with Gasteiger partial charge in [-0.3, -0.25) is 0 Å². The maximum Gasteiger partial charge on any atom is 0.0687 e. The van der Waals surface area contributed by atoms with E-state index < -0.39 is 8.07 Å². The van der Waals surface area contributed by atoms with E-state index in [0.29, 0.717) is 0 Å². The predicted octanol–water partition coefficient (Wildman–Crippen LogP) is 4.34. The predicted molar refractivity (Wildman–Crippen MR) is 66.5 cm³/mol. The molecule has 0 spiro atoms. The second-order valence-corrected chi connectivity index (χ2v) is 10.1. The van der Waals surface area contributed by atoms with Crippen molar-refractivity contribution in [3.63, 3.8) is 0 Å². The van der Waals surface area contributed by atoms with Gasteiger partial charge in [0.1, 0.15) is 0 Å². The molecule has 0 radical (unpaired) electrons. The lowest BCUT2D eigenvalue weighted by Gasteiger charge is -2.08. The molecule has 0 aliphatic rings. The zero-order valence-corrected chi connectivity index (χ0v) is 10.9. The van der Waals surface area contributed by atoms with Gasteiger partial charge in [0.15, 0.2) is 0 Å². The number of halogens is 1. The molecule has 2 heteroatoms. The molecule has 0 N–H and O–H groups in total. The highest BCUT2D eigenvalue weighted by Crippen LogP contribution is 2.18. The molecule has 0 saturated heterocycles. The van der Waals surface area contributed by atoms with Crippen LogP contribution in [0, 0.1) is 0 Å². The molecule has 0 nitrogen and oxygen atoms in total. The summed E-state index contributed by atoms with van der Waals surface area (Å²) in [6.07, 6.45) is 2.22. The van der Waals surface area contributed by atoms with Gasteiger partial charge < -0.3 is 0 Å². The zero-order chi connectivity index (χ0) is 9.90. The lowest BCUT2D eigenvalue weighted by atomic mass is 10.2. The van der Waals surface area contributed by atoms with Gasteiger partial charge in [-0.15, -0.1) is 0 Å². The van der Waals surface area contributed by atoms with Crippen LogP contribution in [-0.2, 0) is 0 Å². The number of benzene rings is 1. The quantitative estimate of drug-likeness (QED) is 0.689. The summed E-state index contributed by atoms with van der Waals surface area (Å²) in [5.74, 6) is 0. The molecular weight excluding hydrogens is 240 g/mol. The summed E-state index contributed by atoms with van der Waals surface area (Å²) in [5.41, 5.74) is 3.62. The molecule has 0 saturated carbocycles. The van der Waals surface area contributed by atoms with Gasteiger partial charge in [-0.05, 0) is 11.6 Å². The van der Waals surface area contributed by atoms with E-state index in [9.17, 15) is 0 Å². The normalized spacial score (nSPS) is 12.3. The van der Waals surface area contributed by atoms with Gasteiger partial charge in [-0.1, -0.05) is 65.5 Å². The molecule has 0 heterocycles. The molecule has 0 atom stereocenters. The Hall–Kier alpha value is -0.343. The van der Waals surface area contributed by atoms with Crippen LogP contribution in [0.3, 0.4) is 0 Å². The van der Waals surface area contributed by atoms with Crippen LogP contribution in [0.4, 0.5) is 0 Å². The fourth-order valence-electron chi connectivity index (χ4n) is 0.950. The number of hydrogen-bond donors (Lipinski definition) is 0. The van der Waals surface area contributed by atoms with Crippen molar-refractivity contribution in [3.8, 4) is 0 Å². The van der Waals surface area contributed by atoms with E-state index in [1.165, 1.54) is 10.0 Å². The summed E-state index contributed by atoms with van der Waals surface area (Å²) in [5, 5.41) is 0. The molecule has 0 fully saturated rings. The second kappa shape index (κ2) is 4.25. The first-order valence-corrected chi connectivity index (χ1v) is 8.80. The minimum atomic E-state index is -1.06. The number of rotatable bonds is 2. The van der Waals surface area contributed by atoms with Crippen molar-refractivity contribution in [2.75, 3.05) is 0 Å². The third-order valence-corrected chi connectivity index (χ3v) is 3.56. The van der Waals surface area contributed by atoms with Crippen molar-refractivity contribution < 1.29 is 0 Å². The smallest absolute Gasteiger partial charge is 0.0687 e. The standard InChI is InChI=1S/C11H15BrSi/c1-13(2,3)9-8-10-6-4-5-7-11(10)12/h4-9H,1-3H3/b9-8-. The summed E-state index contributed by atoms with van der Waals surface area (Å²) < 4.78 is 1.17. The fraction of sp³-hybridized carbons (Fsp3) is 0.273. The third kappa shape index (κ3) is 3.92. The van der Waals surface area contributed by atoms with E-state index in [-0.39, 0.29) is 0 Å². The number of hydrogen-bond acceptors (Lipinski definition) is 0. The van der Waals surface area contributed by atoms with E-state index in [2.05, 4.69) is 65.5 Å². The maximum absolute atomic E-state index is 3.53. The molecule has 1 aromatic carbocycles. The molecule has 0 aliphatic heterocycles. The van der Waals surface area contributed by atoms with Gasteiger partial charge >= 0.3 is 0 Å². The molecule has 1 rings (SSSR count). The molecule has 0 unspecified atom stereocenters. The highest BCUT2D eigenvalue weighted by molar-refractivity contribution is 9.10. The molecule has 0 bridgehead atoms. The van der Waals surface area contributed by atoms with E-state index in [1.54, 1.807) is 0 Å². The first kappa shape index (κ1) is 10.7. The Labute approximate surface area is 89.8 Å². The highest BCUT2D eigenvalue weighted by Gasteiger charge is 2.06. The van der Waals surface area contributed by atoms with Gasteiger partial charge in [0, 0.05) is 4.47 Å². The van der Waals surface area contributed by atoms with Crippen LogP contribution in [0.25, 0.3) is 6.08 Å². The first-order chi connectivity index (χ1) is 5.99. The van der Waals surface area contributed by atoms with Crippen LogP contribution < -0.4 is 0 Å². The van der Waals surface area contributed by atoms with Crippen molar-refractivity contribution in [1.29, 1.82) is 0 Å². The molecule has 70 valence electrons. The Bertz CT molecular complexity index is 310. The van der Waals surface area contributed by atoms with Crippen LogP contribution in [0.5, 0.6) is 0 Å². The van der Waals surface area contributed by atoms with Crippen molar-refractivity contribution in [2.45, 2.75) is 19.6 Å². The van der Waals surface area contributed by atoms with Crippen molar-refractivity contribution >= 4 is 30.1 Å². The summed E-state index contributed by atoms with van der Waals surface area (Å²) in [7, 11) is -1.06. The molecule has 13 heavy (non-hydrogen) atoms. The molecular formula is C11H15BrSi. The monoisotopic (exact) mass is 254 g/mol. The zero-order valence-electron chi connectivity index (χ0n) is 8.34. The van der Waals surface area contributed by atoms with Crippen LogP contribution in [-0.4, -0.2) is 8.07 Å². The van der Waals surface area contributed by atoms with E-state index in [0.717, 1.165) is 0 Å². The SMILES string of the molecule is C[Si](C)(C)/C=C\c1ccccc1Br. The van der Waals surface area contributed by atoms with Crippen molar-refractivity contribution in [2.24, 2.45) is 0 Å². The van der Waals surface area contributed by atoms with Crippen molar-refractivity contribution in [3.05, 3.63) is 40.0 Å². The van der Waals surface area contributed by atoms with Crippen LogP contribution >= 0.6 is 15.9 Å². The summed E-state index contributed by atoms with van der Waals surface area (Å²) >= 11 is 3.53. The van der Waals surface area contributed by atoms with Gasteiger partial charge in [0.05, 0.1) is 8.07 Å². The van der Waals surface area contributed by atoms with Crippen LogP contribution in [0.2, 0.25) is 19.6 Å². The maximum atomic E-state index is 3.53. The Morgan fingerprint density at radius 2 is 1.77 bits per heavy atom.